The first kappa shape index (κ1) is 15.2. The Morgan fingerprint density at radius 3 is 2.71 bits per heavy atom. The van der Waals surface area contributed by atoms with Crippen molar-refractivity contribution in [2.45, 2.75) is 20.3 Å². The molecule has 7 heteroatoms. The van der Waals surface area contributed by atoms with Crippen LogP contribution in [0.1, 0.15) is 20.3 Å². The number of carboxylic acid groups (broad SMARTS) is 1. The average Bonchev–Trinajstić information content (AvgIpc) is 2.86. The third-order valence-corrected chi connectivity index (χ3v) is 4.40. The zero-order valence-electron chi connectivity index (χ0n) is 11.8. The first-order valence-corrected chi connectivity index (χ1v) is 7.40. The molecule has 0 aliphatic carbocycles. The predicted octanol–water partition coefficient (Wildman–Crippen LogP) is 2.92. The van der Waals surface area contributed by atoms with Crippen LogP contribution in [-0.2, 0) is 4.79 Å². The standard InChI is InChI=1S/C14H17N3O3S/c1-3-14(2,11(18)19)8-15-12(20)17-13-16-9-6-4-5-7-10(9)21-13/h4-7H,3,8H2,1-2H3,(H,18,19)(H2,15,16,17,20). The number of urea groups is 1. The van der Waals surface area contributed by atoms with Crippen molar-refractivity contribution in [2.24, 2.45) is 5.41 Å². The molecule has 0 aliphatic heterocycles. The number of para-hydroxylation sites is 1. The van der Waals surface area contributed by atoms with Crippen molar-refractivity contribution in [3.8, 4) is 0 Å². The van der Waals surface area contributed by atoms with Gasteiger partial charge in [0.1, 0.15) is 0 Å². The van der Waals surface area contributed by atoms with Crippen molar-refractivity contribution < 1.29 is 14.7 Å². The minimum absolute atomic E-state index is 0.0650. The number of nitrogens with zero attached hydrogens (tertiary/aromatic N) is 1. The lowest BCUT2D eigenvalue weighted by atomic mass is 9.88. The maximum atomic E-state index is 11.8. The van der Waals surface area contributed by atoms with Crippen molar-refractivity contribution in [1.82, 2.24) is 10.3 Å². The molecule has 1 unspecified atom stereocenters. The summed E-state index contributed by atoms with van der Waals surface area (Å²) in [5.74, 6) is -0.926. The summed E-state index contributed by atoms with van der Waals surface area (Å²) < 4.78 is 0.983. The SMILES string of the molecule is CCC(C)(CNC(=O)Nc1nc2ccccc2s1)C(=O)O. The monoisotopic (exact) mass is 307 g/mol. The molecule has 0 saturated carbocycles. The van der Waals surface area contributed by atoms with Crippen LogP contribution in [0.2, 0.25) is 0 Å². The Balaban J connectivity index is 1.97. The van der Waals surface area contributed by atoms with Gasteiger partial charge in [-0.25, -0.2) is 9.78 Å². The van der Waals surface area contributed by atoms with E-state index in [0.717, 1.165) is 10.2 Å². The Labute approximate surface area is 126 Å². The van der Waals surface area contributed by atoms with E-state index in [1.165, 1.54) is 11.3 Å². The second kappa shape index (κ2) is 6.09. The molecule has 0 radical (unpaired) electrons. The lowest BCUT2D eigenvalue weighted by Crippen LogP contribution is -2.42. The van der Waals surface area contributed by atoms with Gasteiger partial charge < -0.3 is 10.4 Å². The summed E-state index contributed by atoms with van der Waals surface area (Å²) in [7, 11) is 0. The van der Waals surface area contributed by atoms with Crippen LogP contribution in [0.25, 0.3) is 10.2 Å². The Morgan fingerprint density at radius 1 is 1.38 bits per heavy atom. The van der Waals surface area contributed by atoms with Crippen LogP contribution in [0.4, 0.5) is 9.93 Å². The summed E-state index contributed by atoms with van der Waals surface area (Å²) in [6, 6.07) is 7.13. The van der Waals surface area contributed by atoms with Gasteiger partial charge in [-0.2, -0.15) is 0 Å². The molecular formula is C14H17N3O3S. The highest BCUT2D eigenvalue weighted by Gasteiger charge is 2.31. The van der Waals surface area contributed by atoms with Crippen molar-refractivity contribution in [3.05, 3.63) is 24.3 Å². The van der Waals surface area contributed by atoms with Crippen molar-refractivity contribution in [2.75, 3.05) is 11.9 Å². The molecule has 1 atom stereocenters. The summed E-state index contributed by atoms with van der Waals surface area (Å²) >= 11 is 1.37. The van der Waals surface area contributed by atoms with Gasteiger partial charge in [0.25, 0.3) is 0 Å². The van der Waals surface area contributed by atoms with Crippen molar-refractivity contribution in [1.29, 1.82) is 0 Å². The van der Waals surface area contributed by atoms with E-state index in [0.29, 0.717) is 11.6 Å². The number of benzene rings is 1. The summed E-state index contributed by atoms with van der Waals surface area (Å²) in [5, 5.41) is 14.9. The Bertz CT molecular complexity index is 637. The molecule has 0 spiro atoms. The van der Waals surface area contributed by atoms with Crippen LogP contribution in [0.15, 0.2) is 24.3 Å². The molecule has 112 valence electrons. The van der Waals surface area contributed by atoms with Gasteiger partial charge in [-0.3, -0.25) is 10.1 Å². The Morgan fingerprint density at radius 2 is 2.10 bits per heavy atom. The molecule has 1 heterocycles. The number of thiazole rings is 1. The van der Waals surface area contributed by atoms with E-state index in [1.807, 2.05) is 24.3 Å². The van der Waals surface area contributed by atoms with Crippen LogP contribution in [0.5, 0.6) is 0 Å². The number of carbonyl (C=O) groups excluding carboxylic acids is 1. The molecule has 2 amide bonds. The quantitative estimate of drug-likeness (QED) is 0.792. The fourth-order valence-electron chi connectivity index (χ4n) is 1.69. The summed E-state index contributed by atoms with van der Waals surface area (Å²) in [6.45, 7) is 3.45. The topological polar surface area (TPSA) is 91.3 Å². The lowest BCUT2D eigenvalue weighted by molar-refractivity contribution is -0.147. The smallest absolute Gasteiger partial charge is 0.321 e. The largest absolute Gasteiger partial charge is 0.481 e. The number of aromatic nitrogens is 1. The van der Waals surface area contributed by atoms with Gasteiger partial charge in [-0.1, -0.05) is 30.4 Å². The third-order valence-electron chi connectivity index (χ3n) is 3.45. The third kappa shape index (κ3) is 3.49. The van der Waals surface area contributed by atoms with E-state index in [2.05, 4.69) is 15.6 Å². The molecule has 0 bridgehead atoms. The average molecular weight is 307 g/mol. The molecule has 1 aromatic heterocycles. The van der Waals surface area contributed by atoms with Gasteiger partial charge in [0.15, 0.2) is 5.13 Å². The van der Waals surface area contributed by atoms with Gasteiger partial charge in [0.05, 0.1) is 15.6 Å². The fourth-order valence-corrected chi connectivity index (χ4v) is 2.56. The summed E-state index contributed by atoms with van der Waals surface area (Å²) in [6.07, 6.45) is 0.434. The number of carboxylic acids is 1. The van der Waals surface area contributed by atoms with Crippen LogP contribution in [-0.4, -0.2) is 28.6 Å². The zero-order chi connectivity index (χ0) is 15.5. The van der Waals surface area contributed by atoms with E-state index < -0.39 is 17.4 Å². The molecule has 2 rings (SSSR count). The highest BCUT2D eigenvalue weighted by Crippen LogP contribution is 2.25. The summed E-state index contributed by atoms with van der Waals surface area (Å²) in [5.41, 5.74) is -0.146. The number of nitrogens with one attached hydrogen (secondary N) is 2. The van der Waals surface area contributed by atoms with Gasteiger partial charge in [0, 0.05) is 6.54 Å². The highest BCUT2D eigenvalue weighted by atomic mass is 32.1. The zero-order valence-corrected chi connectivity index (χ0v) is 12.7. The van der Waals surface area contributed by atoms with E-state index in [4.69, 9.17) is 5.11 Å². The van der Waals surface area contributed by atoms with E-state index in [1.54, 1.807) is 13.8 Å². The maximum absolute atomic E-state index is 11.8. The van der Waals surface area contributed by atoms with Gasteiger partial charge in [-0.15, -0.1) is 0 Å². The molecular weight excluding hydrogens is 290 g/mol. The molecule has 1 aromatic carbocycles. The second-order valence-electron chi connectivity index (χ2n) is 5.01. The van der Waals surface area contributed by atoms with Crippen LogP contribution >= 0.6 is 11.3 Å². The van der Waals surface area contributed by atoms with Crippen LogP contribution in [0.3, 0.4) is 0 Å². The lowest BCUT2D eigenvalue weighted by Gasteiger charge is -2.23. The minimum Gasteiger partial charge on any atom is -0.481 e. The maximum Gasteiger partial charge on any atom is 0.321 e. The first-order chi connectivity index (χ1) is 9.94. The van der Waals surface area contributed by atoms with Crippen molar-refractivity contribution >= 4 is 38.7 Å². The normalized spacial score (nSPS) is 13.6. The molecule has 21 heavy (non-hydrogen) atoms. The van der Waals surface area contributed by atoms with E-state index in [9.17, 15) is 9.59 Å². The Kier molecular flexibility index (Phi) is 4.42. The number of hydrogen-bond donors (Lipinski definition) is 3. The van der Waals surface area contributed by atoms with E-state index in [-0.39, 0.29) is 6.54 Å². The molecule has 0 saturated heterocycles. The molecule has 3 N–H and O–H groups in total. The number of fused-ring (bicyclic) bond motifs is 1. The minimum atomic E-state index is -0.967. The second-order valence-corrected chi connectivity index (χ2v) is 6.04. The van der Waals surface area contributed by atoms with Crippen LogP contribution in [0, 0.1) is 5.41 Å². The first-order valence-electron chi connectivity index (χ1n) is 6.58. The number of rotatable bonds is 5. The molecule has 0 aliphatic rings. The molecule has 2 aromatic rings. The molecule has 0 fully saturated rings. The predicted molar refractivity (Wildman–Crippen MR) is 82.7 cm³/mol. The highest BCUT2D eigenvalue weighted by molar-refractivity contribution is 7.22. The number of anilines is 1. The van der Waals surface area contributed by atoms with Gasteiger partial charge in [0.2, 0.25) is 0 Å². The number of amides is 2. The Hall–Kier alpha value is -2.15. The number of aliphatic carboxylic acids is 1. The van der Waals surface area contributed by atoms with Crippen molar-refractivity contribution in [3.63, 3.8) is 0 Å². The summed E-state index contributed by atoms with van der Waals surface area (Å²) in [4.78, 5) is 27.3. The van der Waals surface area contributed by atoms with Crippen LogP contribution < -0.4 is 10.6 Å². The fraction of sp³-hybridized carbons (Fsp3) is 0.357. The number of carbonyl (C=O) groups is 2. The molecule has 6 nitrogen and oxygen atoms in total. The number of hydrogen-bond acceptors (Lipinski definition) is 4. The van der Waals surface area contributed by atoms with Gasteiger partial charge >= 0.3 is 12.0 Å². The van der Waals surface area contributed by atoms with E-state index >= 15 is 0 Å². The van der Waals surface area contributed by atoms with Gasteiger partial charge in [-0.05, 0) is 25.5 Å².